The highest BCUT2D eigenvalue weighted by atomic mass is 14.9. The summed E-state index contributed by atoms with van der Waals surface area (Å²) in [6.45, 7) is 3.29. The quantitative estimate of drug-likeness (QED) is 0.399. The molecule has 1 N–H and O–H groups in total. The standard InChI is InChI=1S/C25H29N/c1-2-3-4-5-12-20-26-24-19-13-18-23(21-14-8-6-9-15-21)25(24)22-16-10-7-11-17-22/h6-11,13-19,26H,2-5,12,20H2,1H3. The maximum absolute atomic E-state index is 3.70. The Bertz CT molecular complexity index is 778. The second-order valence-electron chi connectivity index (χ2n) is 6.80. The van der Waals surface area contributed by atoms with Crippen LogP contribution in [0.5, 0.6) is 0 Å². The predicted molar refractivity (Wildman–Crippen MR) is 115 cm³/mol. The van der Waals surface area contributed by atoms with Crippen molar-refractivity contribution in [3.05, 3.63) is 78.9 Å². The number of benzene rings is 3. The molecule has 1 heteroatoms. The summed E-state index contributed by atoms with van der Waals surface area (Å²) < 4.78 is 0. The van der Waals surface area contributed by atoms with E-state index in [0.717, 1.165) is 6.54 Å². The van der Waals surface area contributed by atoms with Crippen molar-refractivity contribution in [2.24, 2.45) is 0 Å². The third-order valence-electron chi connectivity index (χ3n) is 4.81. The summed E-state index contributed by atoms with van der Waals surface area (Å²) in [4.78, 5) is 0. The minimum atomic E-state index is 1.03. The van der Waals surface area contributed by atoms with Crippen molar-refractivity contribution < 1.29 is 0 Å². The number of hydrogen-bond donors (Lipinski definition) is 1. The first-order valence-electron chi connectivity index (χ1n) is 9.88. The van der Waals surface area contributed by atoms with Crippen LogP contribution in [0.2, 0.25) is 0 Å². The number of hydrogen-bond acceptors (Lipinski definition) is 1. The van der Waals surface area contributed by atoms with Crippen LogP contribution < -0.4 is 5.32 Å². The zero-order valence-electron chi connectivity index (χ0n) is 15.7. The predicted octanol–water partition coefficient (Wildman–Crippen LogP) is 7.40. The second kappa shape index (κ2) is 9.82. The van der Waals surface area contributed by atoms with Gasteiger partial charge < -0.3 is 5.32 Å². The van der Waals surface area contributed by atoms with Crippen molar-refractivity contribution in [3.8, 4) is 22.3 Å². The summed E-state index contributed by atoms with van der Waals surface area (Å²) in [7, 11) is 0. The summed E-state index contributed by atoms with van der Waals surface area (Å²) in [5, 5.41) is 3.70. The molecule has 0 unspecified atom stereocenters. The molecule has 0 saturated carbocycles. The fraction of sp³-hybridized carbons (Fsp3) is 0.280. The Balaban J connectivity index is 1.87. The van der Waals surface area contributed by atoms with Gasteiger partial charge in [-0.05, 0) is 29.2 Å². The molecule has 3 aromatic rings. The summed E-state index contributed by atoms with van der Waals surface area (Å²) >= 11 is 0. The van der Waals surface area contributed by atoms with E-state index in [2.05, 4.69) is 91.1 Å². The first-order valence-corrected chi connectivity index (χ1v) is 9.88. The molecule has 0 heterocycles. The van der Waals surface area contributed by atoms with Gasteiger partial charge in [0.15, 0.2) is 0 Å². The van der Waals surface area contributed by atoms with Gasteiger partial charge in [0.25, 0.3) is 0 Å². The van der Waals surface area contributed by atoms with Crippen LogP contribution in [0, 0.1) is 0 Å². The van der Waals surface area contributed by atoms with Crippen LogP contribution in [-0.4, -0.2) is 6.54 Å². The minimum absolute atomic E-state index is 1.03. The van der Waals surface area contributed by atoms with Crippen LogP contribution in [0.15, 0.2) is 78.9 Å². The lowest BCUT2D eigenvalue weighted by molar-refractivity contribution is 0.645. The molecule has 0 radical (unpaired) electrons. The average Bonchev–Trinajstić information content (AvgIpc) is 2.71. The molecule has 0 aliphatic heterocycles. The zero-order valence-corrected chi connectivity index (χ0v) is 15.7. The molecule has 134 valence electrons. The van der Waals surface area contributed by atoms with Crippen LogP contribution >= 0.6 is 0 Å². The second-order valence-corrected chi connectivity index (χ2v) is 6.80. The third kappa shape index (κ3) is 4.76. The fourth-order valence-corrected chi connectivity index (χ4v) is 3.43. The van der Waals surface area contributed by atoms with Gasteiger partial charge in [-0.25, -0.2) is 0 Å². The van der Waals surface area contributed by atoms with E-state index < -0.39 is 0 Å². The molecule has 0 atom stereocenters. The van der Waals surface area contributed by atoms with Gasteiger partial charge in [0.2, 0.25) is 0 Å². The molecule has 0 spiro atoms. The van der Waals surface area contributed by atoms with Crippen molar-refractivity contribution >= 4 is 5.69 Å². The average molecular weight is 344 g/mol. The van der Waals surface area contributed by atoms with E-state index >= 15 is 0 Å². The minimum Gasteiger partial charge on any atom is -0.385 e. The van der Waals surface area contributed by atoms with Gasteiger partial charge in [0, 0.05) is 17.8 Å². The first-order chi connectivity index (χ1) is 12.9. The van der Waals surface area contributed by atoms with Crippen molar-refractivity contribution in [2.45, 2.75) is 39.0 Å². The lowest BCUT2D eigenvalue weighted by Crippen LogP contribution is -2.03. The lowest BCUT2D eigenvalue weighted by atomic mass is 9.93. The highest BCUT2D eigenvalue weighted by molar-refractivity contribution is 5.91. The van der Waals surface area contributed by atoms with Crippen LogP contribution in [0.25, 0.3) is 22.3 Å². The van der Waals surface area contributed by atoms with Crippen molar-refractivity contribution in [1.29, 1.82) is 0 Å². The van der Waals surface area contributed by atoms with Crippen LogP contribution in [0.1, 0.15) is 39.0 Å². The summed E-state index contributed by atoms with van der Waals surface area (Å²) in [5.74, 6) is 0. The zero-order chi connectivity index (χ0) is 18.0. The highest BCUT2D eigenvalue weighted by Gasteiger charge is 2.11. The molecular formula is C25H29N. The first kappa shape index (κ1) is 18.3. The maximum atomic E-state index is 3.70. The van der Waals surface area contributed by atoms with E-state index in [-0.39, 0.29) is 0 Å². The van der Waals surface area contributed by atoms with E-state index in [1.807, 2.05) is 0 Å². The van der Waals surface area contributed by atoms with Gasteiger partial charge >= 0.3 is 0 Å². The molecule has 1 nitrogen and oxygen atoms in total. The Morgan fingerprint density at radius 2 is 1.27 bits per heavy atom. The van der Waals surface area contributed by atoms with Gasteiger partial charge in [0.1, 0.15) is 0 Å². The van der Waals surface area contributed by atoms with E-state index in [1.54, 1.807) is 0 Å². The molecule has 0 bridgehead atoms. The molecule has 0 aliphatic carbocycles. The summed E-state index contributed by atoms with van der Waals surface area (Å²) in [6, 6.07) is 28.0. The molecule has 0 aliphatic rings. The number of nitrogens with one attached hydrogen (secondary N) is 1. The molecule has 3 aromatic carbocycles. The Morgan fingerprint density at radius 3 is 1.96 bits per heavy atom. The third-order valence-corrected chi connectivity index (χ3v) is 4.81. The molecule has 0 aromatic heterocycles. The van der Waals surface area contributed by atoms with Crippen molar-refractivity contribution in [1.82, 2.24) is 0 Å². The van der Waals surface area contributed by atoms with Crippen LogP contribution in [0.3, 0.4) is 0 Å². The van der Waals surface area contributed by atoms with Gasteiger partial charge in [-0.15, -0.1) is 0 Å². The van der Waals surface area contributed by atoms with Crippen molar-refractivity contribution in [2.75, 3.05) is 11.9 Å². The largest absolute Gasteiger partial charge is 0.385 e. The molecule has 3 rings (SSSR count). The Hall–Kier alpha value is -2.54. The molecular weight excluding hydrogens is 314 g/mol. The number of rotatable bonds is 9. The molecule has 0 saturated heterocycles. The topological polar surface area (TPSA) is 12.0 Å². The Kier molecular flexibility index (Phi) is 6.89. The van der Waals surface area contributed by atoms with Gasteiger partial charge in [-0.3, -0.25) is 0 Å². The maximum Gasteiger partial charge on any atom is 0.0426 e. The lowest BCUT2D eigenvalue weighted by Gasteiger charge is -2.17. The monoisotopic (exact) mass is 343 g/mol. The van der Waals surface area contributed by atoms with Gasteiger partial charge in [-0.2, -0.15) is 0 Å². The summed E-state index contributed by atoms with van der Waals surface area (Å²) in [6.07, 6.45) is 6.51. The van der Waals surface area contributed by atoms with E-state index in [4.69, 9.17) is 0 Å². The number of unbranched alkanes of at least 4 members (excludes halogenated alkanes) is 4. The number of anilines is 1. The SMILES string of the molecule is CCCCCCCNc1cccc(-c2ccccc2)c1-c1ccccc1. The van der Waals surface area contributed by atoms with Crippen LogP contribution in [-0.2, 0) is 0 Å². The van der Waals surface area contributed by atoms with Gasteiger partial charge in [-0.1, -0.05) is 105 Å². The van der Waals surface area contributed by atoms with Crippen LogP contribution in [0.4, 0.5) is 5.69 Å². The Labute approximate surface area is 158 Å². The van der Waals surface area contributed by atoms with Crippen molar-refractivity contribution in [3.63, 3.8) is 0 Å². The van der Waals surface area contributed by atoms with E-state index in [9.17, 15) is 0 Å². The van der Waals surface area contributed by atoms with Gasteiger partial charge in [0.05, 0.1) is 0 Å². The normalized spacial score (nSPS) is 10.7. The molecule has 0 fully saturated rings. The molecule has 26 heavy (non-hydrogen) atoms. The summed E-state index contributed by atoms with van der Waals surface area (Å²) in [5.41, 5.74) is 6.34. The van der Waals surface area contributed by atoms with E-state index in [1.165, 1.54) is 60.0 Å². The highest BCUT2D eigenvalue weighted by Crippen LogP contribution is 2.37. The Morgan fingerprint density at radius 1 is 0.615 bits per heavy atom. The fourth-order valence-electron chi connectivity index (χ4n) is 3.43. The molecule has 0 amide bonds. The smallest absolute Gasteiger partial charge is 0.0426 e. The van der Waals surface area contributed by atoms with E-state index in [0.29, 0.717) is 0 Å².